The van der Waals surface area contributed by atoms with Gasteiger partial charge in [0.15, 0.2) is 5.65 Å². The van der Waals surface area contributed by atoms with E-state index in [0.29, 0.717) is 22.5 Å². The maximum absolute atomic E-state index is 13.2. The summed E-state index contributed by atoms with van der Waals surface area (Å²) in [6, 6.07) is 8.99. The number of pyridine rings is 1. The number of alkyl halides is 3. The first kappa shape index (κ1) is 18.0. The molecule has 1 N–H and O–H groups in total. The van der Waals surface area contributed by atoms with Gasteiger partial charge in [0.2, 0.25) is 0 Å². The van der Waals surface area contributed by atoms with Crippen molar-refractivity contribution in [3.8, 4) is 11.3 Å². The minimum atomic E-state index is -4.41. The van der Waals surface area contributed by atoms with Crippen LogP contribution in [-0.2, 0) is 12.6 Å². The Balaban J connectivity index is 1.81. The van der Waals surface area contributed by atoms with E-state index in [9.17, 15) is 18.0 Å². The first-order valence-corrected chi connectivity index (χ1v) is 8.51. The second kappa shape index (κ2) is 6.63. The highest BCUT2D eigenvalue weighted by Crippen LogP contribution is 2.33. The zero-order valence-corrected chi connectivity index (χ0v) is 14.8. The Morgan fingerprint density at radius 2 is 1.86 bits per heavy atom. The molecule has 4 aromatic rings. The van der Waals surface area contributed by atoms with Crippen LogP contribution in [0.2, 0.25) is 0 Å². The van der Waals surface area contributed by atoms with Crippen molar-refractivity contribution in [1.82, 2.24) is 19.6 Å². The van der Waals surface area contributed by atoms with Gasteiger partial charge in [-0.25, -0.2) is 9.50 Å². The van der Waals surface area contributed by atoms with Gasteiger partial charge in [0.25, 0.3) is 5.56 Å². The third-order valence-corrected chi connectivity index (χ3v) is 4.68. The van der Waals surface area contributed by atoms with Crippen LogP contribution in [-0.4, -0.2) is 19.6 Å². The number of rotatable bonds is 3. The molecule has 1 aromatic carbocycles. The second-order valence-electron chi connectivity index (χ2n) is 6.44. The predicted octanol–water partition coefficient (Wildman–Crippen LogP) is 4.00. The van der Waals surface area contributed by atoms with Crippen LogP contribution in [0.4, 0.5) is 13.2 Å². The predicted molar refractivity (Wildman–Crippen MR) is 98.0 cm³/mol. The van der Waals surface area contributed by atoms with Crippen molar-refractivity contribution < 1.29 is 13.2 Å². The van der Waals surface area contributed by atoms with E-state index in [0.717, 1.165) is 11.6 Å². The Morgan fingerprint density at radius 1 is 1.11 bits per heavy atom. The average Bonchev–Trinajstić information content (AvgIpc) is 3.06. The monoisotopic (exact) mass is 384 g/mol. The molecule has 5 nitrogen and oxygen atoms in total. The van der Waals surface area contributed by atoms with Crippen LogP contribution in [0.5, 0.6) is 0 Å². The molecule has 142 valence electrons. The Kier molecular flexibility index (Phi) is 4.26. The number of halogens is 3. The lowest BCUT2D eigenvalue weighted by Gasteiger charge is -2.13. The molecule has 8 heteroatoms. The van der Waals surface area contributed by atoms with Gasteiger partial charge in [0, 0.05) is 42.2 Å². The Labute approximate surface area is 157 Å². The molecule has 0 amide bonds. The Hall–Kier alpha value is -3.42. The highest BCUT2D eigenvalue weighted by Gasteiger charge is 2.32. The molecule has 0 spiro atoms. The van der Waals surface area contributed by atoms with Gasteiger partial charge >= 0.3 is 6.18 Å². The molecule has 0 aliphatic rings. The van der Waals surface area contributed by atoms with Gasteiger partial charge in [-0.3, -0.25) is 14.9 Å². The van der Waals surface area contributed by atoms with Crippen LogP contribution < -0.4 is 5.56 Å². The Bertz CT molecular complexity index is 1210. The van der Waals surface area contributed by atoms with Gasteiger partial charge in [-0.2, -0.15) is 13.2 Å². The molecule has 0 radical (unpaired) electrons. The maximum Gasteiger partial charge on any atom is 0.416 e. The molecular formula is C20H15F3N4O. The summed E-state index contributed by atoms with van der Waals surface area (Å²) in [5.41, 5.74) is 1.97. The molecule has 0 aliphatic heterocycles. The fourth-order valence-corrected chi connectivity index (χ4v) is 3.22. The lowest BCUT2D eigenvalue weighted by molar-refractivity contribution is -0.138. The van der Waals surface area contributed by atoms with E-state index in [1.54, 1.807) is 36.8 Å². The van der Waals surface area contributed by atoms with E-state index >= 15 is 0 Å². The maximum atomic E-state index is 13.2. The number of hydrogen-bond acceptors (Lipinski definition) is 3. The molecule has 3 heterocycles. The second-order valence-corrected chi connectivity index (χ2v) is 6.44. The van der Waals surface area contributed by atoms with Gasteiger partial charge in [0.05, 0.1) is 11.3 Å². The summed E-state index contributed by atoms with van der Waals surface area (Å²) >= 11 is 0. The molecule has 0 saturated carbocycles. The minimum absolute atomic E-state index is 0.169. The summed E-state index contributed by atoms with van der Waals surface area (Å²) < 4.78 is 40.8. The van der Waals surface area contributed by atoms with E-state index in [2.05, 4.69) is 15.1 Å². The van der Waals surface area contributed by atoms with Crippen molar-refractivity contribution in [1.29, 1.82) is 0 Å². The van der Waals surface area contributed by atoms with Gasteiger partial charge < -0.3 is 0 Å². The van der Waals surface area contributed by atoms with Crippen molar-refractivity contribution in [2.75, 3.05) is 0 Å². The van der Waals surface area contributed by atoms with E-state index in [4.69, 9.17) is 0 Å². The SMILES string of the molecule is Cc1c(Cc2c[nH]n3c(=O)cc(-c4ccncc4)nc23)cccc1C(F)(F)F. The van der Waals surface area contributed by atoms with Crippen LogP contribution in [0, 0.1) is 6.92 Å². The highest BCUT2D eigenvalue weighted by atomic mass is 19.4. The van der Waals surface area contributed by atoms with E-state index in [1.165, 1.54) is 23.6 Å². The van der Waals surface area contributed by atoms with Crippen LogP contribution in [0.1, 0.15) is 22.3 Å². The zero-order valence-electron chi connectivity index (χ0n) is 14.8. The number of aromatic nitrogens is 4. The van der Waals surface area contributed by atoms with E-state index in [-0.39, 0.29) is 17.5 Å². The van der Waals surface area contributed by atoms with Crippen molar-refractivity contribution in [2.24, 2.45) is 0 Å². The first-order valence-electron chi connectivity index (χ1n) is 8.51. The number of H-pyrrole nitrogens is 1. The van der Waals surface area contributed by atoms with E-state index in [1.807, 2.05) is 0 Å². The van der Waals surface area contributed by atoms with Crippen molar-refractivity contribution in [3.05, 3.63) is 87.6 Å². The summed E-state index contributed by atoms with van der Waals surface area (Å²) in [4.78, 5) is 20.9. The molecule has 4 rings (SSSR count). The van der Waals surface area contributed by atoms with Crippen LogP contribution >= 0.6 is 0 Å². The molecular weight excluding hydrogens is 369 g/mol. The molecule has 0 atom stereocenters. The molecule has 28 heavy (non-hydrogen) atoms. The number of nitrogens with one attached hydrogen (secondary N) is 1. The van der Waals surface area contributed by atoms with E-state index < -0.39 is 11.7 Å². The van der Waals surface area contributed by atoms with Crippen LogP contribution in [0.25, 0.3) is 16.9 Å². The fraction of sp³-hybridized carbons (Fsp3) is 0.150. The standard InChI is InChI=1S/C20H15F3N4O/c1-12-14(3-2-4-16(12)20(21,22)23)9-15-11-25-27-18(28)10-17(26-19(15)27)13-5-7-24-8-6-13/h2-8,10-11,25H,9H2,1H3. The van der Waals surface area contributed by atoms with Gasteiger partial charge in [-0.1, -0.05) is 12.1 Å². The Morgan fingerprint density at radius 3 is 2.57 bits per heavy atom. The number of aromatic amines is 1. The van der Waals surface area contributed by atoms with Gasteiger partial charge in [-0.05, 0) is 36.2 Å². The molecule has 0 aliphatic carbocycles. The first-order chi connectivity index (χ1) is 13.3. The number of benzene rings is 1. The van der Waals surface area contributed by atoms with Gasteiger partial charge in [-0.15, -0.1) is 0 Å². The van der Waals surface area contributed by atoms with Crippen molar-refractivity contribution in [2.45, 2.75) is 19.5 Å². The number of hydrogen-bond donors (Lipinski definition) is 1. The smallest absolute Gasteiger partial charge is 0.297 e. The minimum Gasteiger partial charge on any atom is -0.297 e. The highest BCUT2D eigenvalue weighted by molar-refractivity contribution is 5.62. The summed E-state index contributed by atoms with van der Waals surface area (Å²) in [5.74, 6) is 0. The summed E-state index contributed by atoms with van der Waals surface area (Å²) in [6.07, 6.45) is 0.602. The fourth-order valence-electron chi connectivity index (χ4n) is 3.22. The van der Waals surface area contributed by atoms with Crippen LogP contribution in [0.3, 0.4) is 0 Å². The number of nitrogens with zero attached hydrogens (tertiary/aromatic N) is 3. The van der Waals surface area contributed by atoms with Crippen molar-refractivity contribution in [3.63, 3.8) is 0 Å². The van der Waals surface area contributed by atoms with Crippen molar-refractivity contribution >= 4 is 5.65 Å². The zero-order chi connectivity index (χ0) is 19.9. The molecule has 0 bridgehead atoms. The average molecular weight is 384 g/mol. The molecule has 0 saturated heterocycles. The number of fused-ring (bicyclic) bond motifs is 1. The lowest BCUT2D eigenvalue weighted by Crippen LogP contribution is -2.14. The lowest BCUT2D eigenvalue weighted by atomic mass is 9.97. The largest absolute Gasteiger partial charge is 0.416 e. The molecule has 0 fully saturated rings. The summed E-state index contributed by atoms with van der Waals surface area (Å²) in [5, 5.41) is 2.83. The third-order valence-electron chi connectivity index (χ3n) is 4.68. The summed E-state index contributed by atoms with van der Waals surface area (Å²) in [7, 11) is 0. The molecule has 3 aromatic heterocycles. The topological polar surface area (TPSA) is 63.0 Å². The normalized spacial score (nSPS) is 11.9. The third kappa shape index (κ3) is 3.17. The van der Waals surface area contributed by atoms with Gasteiger partial charge in [0.1, 0.15) is 0 Å². The summed E-state index contributed by atoms with van der Waals surface area (Å²) in [6.45, 7) is 1.45. The quantitative estimate of drug-likeness (QED) is 0.581. The van der Waals surface area contributed by atoms with Crippen LogP contribution in [0.15, 0.2) is 59.8 Å². The molecule has 0 unspecified atom stereocenters.